The molecule has 0 saturated heterocycles. The lowest BCUT2D eigenvalue weighted by Crippen LogP contribution is -2.27. The van der Waals surface area contributed by atoms with Crippen molar-refractivity contribution in [2.75, 3.05) is 0 Å². The second-order valence-electron chi connectivity index (χ2n) is 19.4. The molecule has 77 heavy (non-hydrogen) atoms. The molecule has 0 aliphatic heterocycles. The van der Waals surface area contributed by atoms with Gasteiger partial charge in [-0.15, -0.1) is 0 Å². The van der Waals surface area contributed by atoms with Crippen LogP contribution < -0.4 is 16.4 Å². The number of benzene rings is 9. The van der Waals surface area contributed by atoms with Gasteiger partial charge in [0.1, 0.15) is 0 Å². The largest absolute Gasteiger partial charge is 0.358 e. The van der Waals surface area contributed by atoms with Gasteiger partial charge in [0.2, 0.25) is 0 Å². The van der Waals surface area contributed by atoms with E-state index in [1.54, 1.807) is 0 Å². The minimum absolute atomic E-state index is 0.512. The van der Waals surface area contributed by atoms with E-state index in [-0.39, 0.29) is 0 Å². The Hall–Kier alpha value is -9.85. The molecule has 3 heterocycles. The van der Waals surface area contributed by atoms with Crippen LogP contribution >= 0.6 is 0 Å². The van der Waals surface area contributed by atoms with Gasteiger partial charge in [-0.05, 0) is 104 Å². The van der Waals surface area contributed by atoms with Crippen molar-refractivity contribution in [1.82, 2.24) is 31.4 Å². The topological polar surface area (TPSA) is 195 Å². The molecule has 12 aromatic rings. The van der Waals surface area contributed by atoms with Crippen LogP contribution in [0.1, 0.15) is 56.8 Å². The molecular weight excluding hydrogens is 961 g/mol. The molecule has 3 atom stereocenters. The predicted octanol–water partition coefficient (Wildman–Crippen LogP) is 13.2. The summed E-state index contributed by atoms with van der Waals surface area (Å²) in [6, 6.07) is 69.0. The standard InChI is InChI=1S/C65H50N6O6/c1-37-55(56(63(72)69-75)39-13-5-2-6-14-39)50-31-30-47(36-53(50)66-37)44-25-26-45-34-48(28-27-43(45)33-44)62-60(58(65(74)71-77)41-17-9-4-10-18-41)51-32-29-46(35-54(51)68-62)38-21-23-42(24-22-38)61-59(49-19-11-12-20-52(49)67-61)57(64(73)70-76)40-15-7-3-8-16-40/h2-36,56-58,66-68,75-77H,1H3,(H,69,72)(H,70,73)(H,71,74). The summed E-state index contributed by atoms with van der Waals surface area (Å²) in [4.78, 5) is 51.3. The van der Waals surface area contributed by atoms with Crippen molar-refractivity contribution in [2.24, 2.45) is 0 Å². The van der Waals surface area contributed by atoms with Gasteiger partial charge in [0.25, 0.3) is 17.7 Å². The molecule has 0 spiro atoms. The number of aromatic nitrogens is 3. The summed E-state index contributed by atoms with van der Waals surface area (Å²) in [5, 5.41) is 34.5. The van der Waals surface area contributed by atoms with E-state index >= 15 is 0 Å². The molecule has 12 nitrogen and oxygen atoms in total. The van der Waals surface area contributed by atoms with Gasteiger partial charge in [0.15, 0.2) is 0 Å². The third kappa shape index (κ3) is 8.67. The highest BCUT2D eigenvalue weighted by Gasteiger charge is 2.32. The van der Waals surface area contributed by atoms with Crippen LogP contribution in [-0.2, 0) is 14.4 Å². The number of aromatic amines is 3. The van der Waals surface area contributed by atoms with Gasteiger partial charge >= 0.3 is 0 Å². The van der Waals surface area contributed by atoms with Crippen LogP contribution in [0, 0.1) is 6.92 Å². The summed E-state index contributed by atoms with van der Waals surface area (Å²) in [6.07, 6.45) is 0. The van der Waals surface area contributed by atoms with Crippen LogP contribution in [0.5, 0.6) is 0 Å². The van der Waals surface area contributed by atoms with Crippen molar-refractivity contribution in [1.29, 1.82) is 0 Å². The third-order valence-electron chi connectivity index (χ3n) is 15.0. The summed E-state index contributed by atoms with van der Waals surface area (Å²) < 4.78 is 0. The summed E-state index contributed by atoms with van der Waals surface area (Å²) in [5.41, 5.74) is 20.6. The normalized spacial score (nSPS) is 12.7. The number of aryl methyl sites for hydroxylation is 1. The van der Waals surface area contributed by atoms with Gasteiger partial charge in [-0.2, -0.15) is 0 Å². The number of H-pyrrole nitrogens is 3. The Morgan fingerprint density at radius 3 is 1.26 bits per heavy atom. The number of fused-ring (bicyclic) bond motifs is 4. The van der Waals surface area contributed by atoms with Gasteiger partial charge in [-0.25, -0.2) is 16.4 Å². The summed E-state index contributed by atoms with van der Waals surface area (Å²) >= 11 is 0. The first kappa shape index (κ1) is 48.1. The summed E-state index contributed by atoms with van der Waals surface area (Å²) in [7, 11) is 0. The maximum atomic E-state index is 13.9. The Kier molecular flexibility index (Phi) is 12.6. The zero-order valence-corrected chi connectivity index (χ0v) is 41.5. The monoisotopic (exact) mass is 1010 g/mol. The SMILES string of the molecule is Cc1[nH]c2cc(-c3ccc4cc(-c5[nH]c6cc(-c7ccc(-c8[nH]c9ccccc9c8C(C(=O)NO)c8ccccc8)cc7)ccc6c5C(C(=O)NO)c5ccccc5)ccc4c3)ccc2c1C(C(=O)NO)c1ccccc1. The highest BCUT2D eigenvalue weighted by molar-refractivity contribution is 6.03. The zero-order valence-electron chi connectivity index (χ0n) is 41.5. The van der Waals surface area contributed by atoms with Crippen molar-refractivity contribution >= 4 is 61.2 Å². The first-order valence-corrected chi connectivity index (χ1v) is 25.2. The fourth-order valence-corrected chi connectivity index (χ4v) is 11.4. The van der Waals surface area contributed by atoms with Gasteiger partial charge < -0.3 is 15.0 Å². The highest BCUT2D eigenvalue weighted by atomic mass is 16.5. The molecule has 0 aliphatic carbocycles. The lowest BCUT2D eigenvalue weighted by molar-refractivity contribution is -0.130. The van der Waals surface area contributed by atoms with Crippen molar-refractivity contribution < 1.29 is 30.0 Å². The number of hydrogen-bond acceptors (Lipinski definition) is 6. The quantitative estimate of drug-likeness (QED) is 0.0407. The molecule has 9 N–H and O–H groups in total. The Morgan fingerprint density at radius 1 is 0.351 bits per heavy atom. The van der Waals surface area contributed by atoms with Crippen molar-refractivity contribution in [3.05, 3.63) is 251 Å². The van der Waals surface area contributed by atoms with Crippen LogP contribution in [0.25, 0.3) is 88.2 Å². The van der Waals surface area contributed by atoms with Gasteiger partial charge in [0, 0.05) is 49.5 Å². The number of carbonyl (C=O) groups excluding carboxylic acids is 3. The molecule has 0 bridgehead atoms. The molecule has 9 aromatic carbocycles. The number of amides is 3. The molecule has 0 saturated carbocycles. The number of para-hydroxylation sites is 1. The average molecular weight is 1010 g/mol. The molecule has 376 valence electrons. The first-order valence-electron chi connectivity index (χ1n) is 25.2. The predicted molar refractivity (Wildman–Crippen MR) is 301 cm³/mol. The van der Waals surface area contributed by atoms with Crippen LogP contribution in [0.2, 0.25) is 0 Å². The maximum Gasteiger partial charge on any atom is 0.255 e. The van der Waals surface area contributed by atoms with E-state index < -0.39 is 35.5 Å². The van der Waals surface area contributed by atoms with Crippen LogP contribution in [0.15, 0.2) is 212 Å². The van der Waals surface area contributed by atoms with Gasteiger partial charge in [-0.1, -0.05) is 182 Å². The number of carbonyl (C=O) groups is 3. The second kappa shape index (κ2) is 20.1. The van der Waals surface area contributed by atoms with E-state index in [1.165, 1.54) is 0 Å². The van der Waals surface area contributed by atoms with Gasteiger partial charge in [-0.3, -0.25) is 30.0 Å². The van der Waals surface area contributed by atoms with Crippen molar-refractivity contribution in [2.45, 2.75) is 24.7 Å². The molecule has 3 unspecified atom stereocenters. The average Bonchev–Trinajstić information content (AvgIpc) is 4.27. The van der Waals surface area contributed by atoms with Crippen LogP contribution in [0.4, 0.5) is 0 Å². The van der Waals surface area contributed by atoms with Gasteiger partial charge in [0.05, 0.1) is 29.1 Å². The molecule has 3 amide bonds. The third-order valence-corrected chi connectivity index (χ3v) is 15.0. The maximum absolute atomic E-state index is 13.9. The number of hydroxylamine groups is 3. The molecule has 0 aliphatic rings. The fourth-order valence-electron chi connectivity index (χ4n) is 11.4. The van der Waals surface area contributed by atoms with Crippen molar-refractivity contribution in [3.8, 4) is 44.8 Å². The Morgan fingerprint density at radius 2 is 0.714 bits per heavy atom. The molecule has 3 aromatic heterocycles. The molecule has 0 fully saturated rings. The Bertz CT molecular complexity index is 4210. The minimum atomic E-state index is -0.876. The number of rotatable bonds is 13. The van der Waals surface area contributed by atoms with E-state index in [0.717, 1.165) is 116 Å². The van der Waals surface area contributed by atoms with E-state index in [9.17, 15) is 30.0 Å². The van der Waals surface area contributed by atoms with E-state index in [1.807, 2.05) is 193 Å². The Labute approximate surface area is 441 Å². The first-order chi connectivity index (χ1) is 37.7. The van der Waals surface area contributed by atoms with Crippen LogP contribution in [-0.4, -0.2) is 48.3 Å². The van der Waals surface area contributed by atoms with Crippen molar-refractivity contribution in [3.63, 3.8) is 0 Å². The lowest BCUT2D eigenvalue weighted by Gasteiger charge is -2.18. The molecule has 0 radical (unpaired) electrons. The lowest BCUT2D eigenvalue weighted by atomic mass is 9.86. The fraction of sp³-hybridized carbons (Fsp3) is 0.0615. The van der Waals surface area contributed by atoms with Crippen LogP contribution in [0.3, 0.4) is 0 Å². The van der Waals surface area contributed by atoms with E-state index in [0.29, 0.717) is 11.1 Å². The zero-order chi connectivity index (χ0) is 52.7. The minimum Gasteiger partial charge on any atom is -0.358 e. The number of hydrogen-bond donors (Lipinski definition) is 9. The molecule has 12 heteroatoms. The molecule has 12 rings (SSSR count). The Balaban J connectivity index is 0.916. The second-order valence-corrected chi connectivity index (χ2v) is 19.4. The number of nitrogens with one attached hydrogen (secondary N) is 6. The summed E-state index contributed by atoms with van der Waals surface area (Å²) in [5.74, 6) is -4.01. The smallest absolute Gasteiger partial charge is 0.255 e. The molecular formula is C65H50N6O6. The van der Waals surface area contributed by atoms with E-state index in [2.05, 4.69) is 57.4 Å². The highest BCUT2D eigenvalue weighted by Crippen LogP contribution is 2.44. The summed E-state index contributed by atoms with van der Waals surface area (Å²) in [6.45, 7) is 1.94. The van der Waals surface area contributed by atoms with E-state index in [4.69, 9.17) is 0 Å².